The molecule has 2 atom stereocenters. The second-order valence-electron chi connectivity index (χ2n) is 3.25. The summed E-state index contributed by atoms with van der Waals surface area (Å²) >= 11 is 1.77. The zero-order valence-corrected chi connectivity index (χ0v) is 8.61. The van der Waals surface area contributed by atoms with Crippen LogP contribution in [-0.4, -0.2) is 30.8 Å². The molecule has 2 nitrogen and oxygen atoms in total. The Hall–Kier alpha value is -0.250. The van der Waals surface area contributed by atoms with Gasteiger partial charge >= 0.3 is 5.97 Å². The number of alkyl halides is 1. The van der Waals surface area contributed by atoms with Gasteiger partial charge in [0, 0.05) is 6.42 Å². The van der Waals surface area contributed by atoms with Crippen molar-refractivity contribution in [3.63, 3.8) is 0 Å². The molecule has 1 rings (SSSR count). The van der Waals surface area contributed by atoms with Crippen molar-refractivity contribution in [2.45, 2.75) is 25.4 Å². The Labute approximate surface area is 82.2 Å². The molecule has 0 unspecified atom stereocenters. The molecule has 0 aliphatic carbocycles. The largest absolute Gasteiger partial charge is 0.469 e. The number of halogens is 1. The average molecular weight is 206 g/mol. The van der Waals surface area contributed by atoms with Gasteiger partial charge in [0.15, 0.2) is 0 Å². The summed E-state index contributed by atoms with van der Waals surface area (Å²) in [6, 6.07) is 0. The monoisotopic (exact) mass is 206 g/mol. The lowest BCUT2D eigenvalue weighted by atomic mass is 9.98. The number of ether oxygens (including phenoxy) is 1. The minimum absolute atomic E-state index is 0.0536. The van der Waals surface area contributed by atoms with E-state index in [1.165, 1.54) is 7.11 Å². The zero-order chi connectivity index (χ0) is 9.68. The van der Waals surface area contributed by atoms with E-state index in [1.54, 1.807) is 11.8 Å². The number of carbonyl (C=O) groups is 1. The van der Waals surface area contributed by atoms with E-state index in [9.17, 15) is 9.18 Å². The number of esters is 1. The first-order chi connectivity index (χ1) is 6.24. The summed E-state index contributed by atoms with van der Waals surface area (Å²) in [5, 5.41) is 0. The fourth-order valence-electron chi connectivity index (χ4n) is 1.44. The van der Waals surface area contributed by atoms with E-state index in [-0.39, 0.29) is 11.9 Å². The van der Waals surface area contributed by atoms with E-state index < -0.39 is 6.17 Å². The summed E-state index contributed by atoms with van der Waals surface area (Å²) < 4.78 is 17.7. The van der Waals surface area contributed by atoms with Crippen LogP contribution in [0.25, 0.3) is 0 Å². The lowest BCUT2D eigenvalue weighted by Gasteiger charge is -2.24. The van der Waals surface area contributed by atoms with Gasteiger partial charge < -0.3 is 4.74 Å². The molecular formula is C9H15FO2S. The van der Waals surface area contributed by atoms with E-state index in [0.717, 1.165) is 11.5 Å². The Morgan fingerprint density at radius 2 is 2.46 bits per heavy atom. The molecule has 0 aromatic heterocycles. The number of hydrogen-bond donors (Lipinski definition) is 0. The summed E-state index contributed by atoms with van der Waals surface area (Å²) in [6.45, 7) is 0. The third-order valence-electron chi connectivity index (χ3n) is 2.33. The molecule has 0 spiro atoms. The van der Waals surface area contributed by atoms with Crippen molar-refractivity contribution >= 4 is 17.7 Å². The Kier molecular flexibility index (Phi) is 4.56. The Bertz CT molecular complexity index is 175. The van der Waals surface area contributed by atoms with Crippen LogP contribution >= 0.6 is 11.8 Å². The van der Waals surface area contributed by atoms with Crippen LogP contribution < -0.4 is 0 Å². The SMILES string of the molecule is COC(=O)CC[C@@H]1CSCC[C@H]1F. The molecule has 1 fully saturated rings. The molecule has 0 bridgehead atoms. The van der Waals surface area contributed by atoms with E-state index >= 15 is 0 Å². The van der Waals surface area contributed by atoms with Gasteiger partial charge in [-0.3, -0.25) is 4.79 Å². The summed E-state index contributed by atoms with van der Waals surface area (Å²) in [5.41, 5.74) is 0. The van der Waals surface area contributed by atoms with Crippen LogP contribution in [0, 0.1) is 5.92 Å². The maximum atomic E-state index is 13.2. The molecule has 4 heteroatoms. The Morgan fingerprint density at radius 3 is 3.08 bits per heavy atom. The highest BCUT2D eigenvalue weighted by atomic mass is 32.2. The summed E-state index contributed by atoms with van der Waals surface area (Å²) in [6.07, 6.45) is 0.894. The van der Waals surface area contributed by atoms with Gasteiger partial charge in [0.05, 0.1) is 7.11 Å². The van der Waals surface area contributed by atoms with Crippen molar-refractivity contribution in [2.75, 3.05) is 18.6 Å². The second-order valence-corrected chi connectivity index (χ2v) is 4.40. The normalized spacial score (nSPS) is 28.5. The first-order valence-corrected chi connectivity index (χ1v) is 5.68. The standard InChI is InChI=1S/C9H15FO2S/c1-12-9(11)3-2-7-6-13-5-4-8(7)10/h7-8H,2-6H2,1H3/t7-,8-/m1/s1. The molecule has 0 aromatic carbocycles. The molecule has 1 saturated heterocycles. The van der Waals surface area contributed by atoms with Crippen molar-refractivity contribution in [3.05, 3.63) is 0 Å². The van der Waals surface area contributed by atoms with Gasteiger partial charge in [0.25, 0.3) is 0 Å². The number of carbonyl (C=O) groups excluding carboxylic acids is 1. The van der Waals surface area contributed by atoms with Gasteiger partial charge in [-0.25, -0.2) is 4.39 Å². The van der Waals surface area contributed by atoms with Crippen molar-refractivity contribution in [2.24, 2.45) is 5.92 Å². The van der Waals surface area contributed by atoms with Crippen molar-refractivity contribution in [3.8, 4) is 0 Å². The van der Waals surface area contributed by atoms with Gasteiger partial charge in [0.1, 0.15) is 6.17 Å². The fourth-order valence-corrected chi connectivity index (χ4v) is 2.68. The predicted molar refractivity (Wildman–Crippen MR) is 51.6 cm³/mol. The first kappa shape index (κ1) is 10.8. The molecule has 1 heterocycles. The molecule has 1 aliphatic rings. The number of thioether (sulfide) groups is 1. The van der Waals surface area contributed by atoms with E-state index in [1.807, 2.05) is 0 Å². The van der Waals surface area contributed by atoms with Crippen molar-refractivity contribution < 1.29 is 13.9 Å². The van der Waals surface area contributed by atoms with Crippen LogP contribution in [0.5, 0.6) is 0 Å². The van der Waals surface area contributed by atoms with E-state index in [2.05, 4.69) is 4.74 Å². The molecule has 13 heavy (non-hydrogen) atoms. The van der Waals surface area contributed by atoms with E-state index in [0.29, 0.717) is 19.3 Å². The first-order valence-electron chi connectivity index (χ1n) is 4.52. The molecule has 0 N–H and O–H groups in total. The number of hydrogen-bond acceptors (Lipinski definition) is 3. The molecular weight excluding hydrogens is 191 g/mol. The maximum absolute atomic E-state index is 13.2. The molecule has 0 amide bonds. The minimum Gasteiger partial charge on any atom is -0.469 e. The second kappa shape index (κ2) is 5.47. The number of rotatable bonds is 3. The quantitative estimate of drug-likeness (QED) is 0.661. The van der Waals surface area contributed by atoms with E-state index in [4.69, 9.17) is 0 Å². The van der Waals surface area contributed by atoms with Gasteiger partial charge in [0.2, 0.25) is 0 Å². The fraction of sp³-hybridized carbons (Fsp3) is 0.889. The predicted octanol–water partition coefficient (Wildman–Crippen LogP) is 2.03. The summed E-state index contributed by atoms with van der Waals surface area (Å²) in [4.78, 5) is 10.8. The highest BCUT2D eigenvalue weighted by Crippen LogP contribution is 2.28. The van der Waals surface area contributed by atoms with Gasteiger partial charge in [-0.2, -0.15) is 11.8 Å². The van der Waals surface area contributed by atoms with Gasteiger partial charge in [-0.05, 0) is 30.3 Å². The zero-order valence-electron chi connectivity index (χ0n) is 7.79. The Balaban J connectivity index is 2.22. The molecule has 0 saturated carbocycles. The Morgan fingerprint density at radius 1 is 1.69 bits per heavy atom. The highest BCUT2D eigenvalue weighted by Gasteiger charge is 2.25. The molecule has 0 aromatic rings. The lowest BCUT2D eigenvalue weighted by Crippen LogP contribution is -2.24. The van der Waals surface area contributed by atoms with Crippen molar-refractivity contribution in [1.29, 1.82) is 0 Å². The maximum Gasteiger partial charge on any atom is 0.305 e. The third kappa shape index (κ3) is 3.55. The summed E-state index contributed by atoms with van der Waals surface area (Å²) in [5.74, 6) is 1.58. The molecule has 0 radical (unpaired) electrons. The van der Waals surface area contributed by atoms with Crippen LogP contribution in [0.3, 0.4) is 0 Å². The molecule has 76 valence electrons. The topological polar surface area (TPSA) is 26.3 Å². The van der Waals surface area contributed by atoms with Gasteiger partial charge in [-0.15, -0.1) is 0 Å². The van der Waals surface area contributed by atoms with Crippen LogP contribution in [0.1, 0.15) is 19.3 Å². The average Bonchev–Trinajstić information content (AvgIpc) is 2.16. The van der Waals surface area contributed by atoms with Crippen LogP contribution in [0.4, 0.5) is 4.39 Å². The van der Waals surface area contributed by atoms with Gasteiger partial charge in [-0.1, -0.05) is 0 Å². The lowest BCUT2D eigenvalue weighted by molar-refractivity contribution is -0.141. The smallest absolute Gasteiger partial charge is 0.305 e. The summed E-state index contributed by atoms with van der Waals surface area (Å²) in [7, 11) is 1.37. The van der Waals surface area contributed by atoms with Crippen LogP contribution in [0.15, 0.2) is 0 Å². The highest BCUT2D eigenvalue weighted by molar-refractivity contribution is 7.99. The minimum atomic E-state index is -0.717. The van der Waals surface area contributed by atoms with Crippen LogP contribution in [-0.2, 0) is 9.53 Å². The third-order valence-corrected chi connectivity index (χ3v) is 3.52. The molecule has 1 aliphatic heterocycles. The van der Waals surface area contributed by atoms with Crippen LogP contribution in [0.2, 0.25) is 0 Å². The van der Waals surface area contributed by atoms with Crippen molar-refractivity contribution in [1.82, 2.24) is 0 Å². The number of methoxy groups -OCH3 is 1.